The van der Waals surface area contributed by atoms with Crippen molar-refractivity contribution in [1.82, 2.24) is 35.4 Å². The molecule has 0 radical (unpaired) electrons. The van der Waals surface area contributed by atoms with Crippen molar-refractivity contribution in [3.63, 3.8) is 0 Å². The maximum atomic E-state index is 12.3. The van der Waals surface area contributed by atoms with Gasteiger partial charge < -0.3 is 5.32 Å². The van der Waals surface area contributed by atoms with E-state index in [-0.39, 0.29) is 18.5 Å². The molecule has 3 rings (SSSR count). The molecule has 0 aliphatic carbocycles. The number of aryl methyl sites for hydroxylation is 1. The van der Waals surface area contributed by atoms with Crippen LogP contribution in [0.1, 0.15) is 36.8 Å². The van der Waals surface area contributed by atoms with Crippen LogP contribution in [-0.2, 0) is 24.3 Å². The molecular formula is C17H25N7O. The predicted octanol–water partition coefficient (Wildman–Crippen LogP) is 0.720. The monoisotopic (exact) mass is 343 g/mol. The van der Waals surface area contributed by atoms with E-state index in [1.807, 2.05) is 26.0 Å². The second kappa shape index (κ2) is 8.15. The summed E-state index contributed by atoms with van der Waals surface area (Å²) < 4.78 is 1.59. The zero-order valence-electron chi connectivity index (χ0n) is 14.9. The summed E-state index contributed by atoms with van der Waals surface area (Å²) in [6.07, 6.45) is 4.91. The predicted molar refractivity (Wildman–Crippen MR) is 92.6 cm³/mol. The van der Waals surface area contributed by atoms with Crippen LogP contribution in [0.25, 0.3) is 0 Å². The van der Waals surface area contributed by atoms with Gasteiger partial charge in [0.05, 0.1) is 6.54 Å². The SMILES string of the molecule is Cc1cccnc1C[C@H](C)NC(=O)Cn1nnnc1CN1CCCC1. The number of pyridine rings is 1. The number of likely N-dealkylation sites (tertiary alicyclic amines) is 1. The molecule has 2 aromatic heterocycles. The van der Waals surface area contributed by atoms with Crippen LogP contribution in [0.4, 0.5) is 0 Å². The Kier molecular flexibility index (Phi) is 5.70. The summed E-state index contributed by atoms with van der Waals surface area (Å²) >= 11 is 0. The third-order valence-corrected chi connectivity index (χ3v) is 4.49. The van der Waals surface area contributed by atoms with Crippen molar-refractivity contribution in [2.75, 3.05) is 13.1 Å². The molecule has 1 fully saturated rings. The minimum atomic E-state index is -0.0870. The van der Waals surface area contributed by atoms with Gasteiger partial charge in [-0.1, -0.05) is 6.07 Å². The van der Waals surface area contributed by atoms with E-state index in [1.54, 1.807) is 10.9 Å². The van der Waals surface area contributed by atoms with Crippen molar-refractivity contribution in [3.05, 3.63) is 35.4 Å². The van der Waals surface area contributed by atoms with Gasteiger partial charge in [0, 0.05) is 24.4 Å². The Balaban J connectivity index is 1.52. The van der Waals surface area contributed by atoms with Gasteiger partial charge in [-0.25, -0.2) is 4.68 Å². The standard InChI is InChI=1S/C17H25N7O/c1-13-6-5-7-18-15(13)10-14(2)19-17(25)12-24-16(20-21-22-24)11-23-8-3-4-9-23/h5-7,14H,3-4,8-12H2,1-2H3,(H,19,25)/t14-/m0/s1. The van der Waals surface area contributed by atoms with E-state index in [4.69, 9.17) is 0 Å². The molecule has 1 N–H and O–H groups in total. The van der Waals surface area contributed by atoms with Gasteiger partial charge in [0.25, 0.3) is 0 Å². The van der Waals surface area contributed by atoms with E-state index in [0.717, 1.165) is 30.2 Å². The molecule has 134 valence electrons. The molecule has 0 saturated carbocycles. The van der Waals surface area contributed by atoms with E-state index in [1.165, 1.54) is 12.8 Å². The highest BCUT2D eigenvalue weighted by Gasteiger charge is 2.18. The summed E-state index contributed by atoms with van der Waals surface area (Å²) in [7, 11) is 0. The molecule has 25 heavy (non-hydrogen) atoms. The van der Waals surface area contributed by atoms with Gasteiger partial charge in [-0.2, -0.15) is 0 Å². The first-order chi connectivity index (χ1) is 12.1. The van der Waals surface area contributed by atoms with E-state index < -0.39 is 0 Å². The number of amides is 1. The first kappa shape index (κ1) is 17.5. The molecule has 3 heterocycles. The summed E-state index contributed by atoms with van der Waals surface area (Å²) in [5.74, 6) is 0.654. The fourth-order valence-corrected chi connectivity index (χ4v) is 3.13. The maximum absolute atomic E-state index is 12.3. The average molecular weight is 343 g/mol. The largest absolute Gasteiger partial charge is 0.352 e. The van der Waals surface area contributed by atoms with Crippen molar-refractivity contribution in [3.8, 4) is 0 Å². The Bertz CT molecular complexity index is 709. The van der Waals surface area contributed by atoms with Crippen LogP contribution in [-0.4, -0.2) is 55.1 Å². The van der Waals surface area contributed by atoms with Crippen molar-refractivity contribution >= 4 is 5.91 Å². The molecule has 0 bridgehead atoms. The Hall–Kier alpha value is -2.35. The zero-order valence-corrected chi connectivity index (χ0v) is 14.9. The first-order valence-corrected chi connectivity index (χ1v) is 8.79. The maximum Gasteiger partial charge on any atom is 0.242 e. The molecule has 1 amide bonds. The highest BCUT2D eigenvalue weighted by molar-refractivity contribution is 5.75. The molecule has 8 heteroatoms. The highest BCUT2D eigenvalue weighted by Crippen LogP contribution is 2.10. The molecular weight excluding hydrogens is 318 g/mol. The van der Waals surface area contributed by atoms with Crippen LogP contribution >= 0.6 is 0 Å². The third-order valence-electron chi connectivity index (χ3n) is 4.49. The van der Waals surface area contributed by atoms with Crippen molar-refractivity contribution < 1.29 is 4.79 Å². The molecule has 1 aliphatic rings. The Labute approximate surface area is 147 Å². The van der Waals surface area contributed by atoms with Gasteiger partial charge >= 0.3 is 0 Å². The van der Waals surface area contributed by atoms with Crippen LogP contribution < -0.4 is 5.32 Å². The minimum Gasteiger partial charge on any atom is -0.352 e. The van der Waals surface area contributed by atoms with Gasteiger partial charge in [-0.05, 0) is 61.8 Å². The van der Waals surface area contributed by atoms with Gasteiger partial charge in [0.1, 0.15) is 6.54 Å². The summed E-state index contributed by atoms with van der Waals surface area (Å²) in [5, 5.41) is 14.7. The average Bonchev–Trinajstić information content (AvgIpc) is 3.22. The molecule has 1 aliphatic heterocycles. The lowest BCUT2D eigenvalue weighted by atomic mass is 10.1. The smallest absolute Gasteiger partial charge is 0.242 e. The van der Waals surface area contributed by atoms with Gasteiger partial charge in [-0.15, -0.1) is 5.10 Å². The van der Waals surface area contributed by atoms with Crippen molar-refractivity contribution in [2.24, 2.45) is 0 Å². The normalized spacial score (nSPS) is 16.1. The number of hydrogen-bond acceptors (Lipinski definition) is 6. The number of aromatic nitrogens is 5. The number of hydrogen-bond donors (Lipinski definition) is 1. The topological polar surface area (TPSA) is 88.8 Å². The fraction of sp³-hybridized carbons (Fsp3) is 0.588. The van der Waals surface area contributed by atoms with Crippen LogP contribution in [0.3, 0.4) is 0 Å². The molecule has 1 atom stereocenters. The lowest BCUT2D eigenvalue weighted by Gasteiger charge is -2.16. The van der Waals surface area contributed by atoms with Gasteiger partial charge in [0.2, 0.25) is 5.91 Å². The number of tetrazole rings is 1. The Morgan fingerprint density at radius 3 is 2.92 bits per heavy atom. The summed E-state index contributed by atoms with van der Waals surface area (Å²) in [6, 6.07) is 3.95. The highest BCUT2D eigenvalue weighted by atomic mass is 16.2. The van der Waals surface area contributed by atoms with E-state index >= 15 is 0 Å². The van der Waals surface area contributed by atoms with Crippen molar-refractivity contribution in [2.45, 2.75) is 52.2 Å². The molecule has 8 nitrogen and oxygen atoms in total. The molecule has 0 unspecified atom stereocenters. The zero-order chi connectivity index (χ0) is 17.6. The van der Waals surface area contributed by atoms with Crippen molar-refractivity contribution in [1.29, 1.82) is 0 Å². The second-order valence-electron chi connectivity index (χ2n) is 6.68. The molecule has 1 saturated heterocycles. The van der Waals surface area contributed by atoms with Crippen LogP contribution in [0.2, 0.25) is 0 Å². The number of carbonyl (C=O) groups is 1. The van der Waals surface area contributed by atoms with Crippen LogP contribution in [0.15, 0.2) is 18.3 Å². The summed E-state index contributed by atoms with van der Waals surface area (Å²) in [6.45, 7) is 6.99. The Morgan fingerprint density at radius 1 is 1.36 bits per heavy atom. The molecule has 0 spiro atoms. The minimum absolute atomic E-state index is 0.000359. The number of carbonyl (C=O) groups excluding carboxylic acids is 1. The second-order valence-corrected chi connectivity index (χ2v) is 6.68. The number of rotatable bonds is 7. The fourth-order valence-electron chi connectivity index (χ4n) is 3.13. The van der Waals surface area contributed by atoms with Gasteiger partial charge in [0.15, 0.2) is 5.82 Å². The summed E-state index contributed by atoms with van der Waals surface area (Å²) in [4.78, 5) is 19.0. The third kappa shape index (κ3) is 4.82. The lowest BCUT2D eigenvalue weighted by molar-refractivity contribution is -0.122. The van der Waals surface area contributed by atoms with E-state index in [0.29, 0.717) is 13.0 Å². The number of nitrogens with zero attached hydrogens (tertiary/aromatic N) is 6. The number of nitrogens with one attached hydrogen (secondary N) is 1. The van der Waals surface area contributed by atoms with E-state index in [2.05, 4.69) is 30.7 Å². The van der Waals surface area contributed by atoms with E-state index in [9.17, 15) is 4.79 Å². The van der Waals surface area contributed by atoms with Crippen LogP contribution in [0.5, 0.6) is 0 Å². The quantitative estimate of drug-likeness (QED) is 0.797. The summed E-state index contributed by atoms with van der Waals surface area (Å²) in [5.41, 5.74) is 2.14. The lowest BCUT2D eigenvalue weighted by Crippen LogP contribution is -2.37. The Morgan fingerprint density at radius 2 is 2.16 bits per heavy atom. The van der Waals surface area contributed by atoms with Crippen LogP contribution in [0, 0.1) is 6.92 Å². The molecule has 0 aromatic carbocycles. The first-order valence-electron chi connectivity index (χ1n) is 8.79. The molecule has 2 aromatic rings. The van der Waals surface area contributed by atoms with Gasteiger partial charge in [-0.3, -0.25) is 14.7 Å².